The molecule has 0 radical (unpaired) electrons. The number of benzene rings is 1. The van der Waals surface area contributed by atoms with Gasteiger partial charge in [0.2, 0.25) is 0 Å². The van der Waals surface area contributed by atoms with Crippen molar-refractivity contribution >= 4 is 15.5 Å². The molecule has 106 valence electrons. The summed E-state index contributed by atoms with van der Waals surface area (Å²) in [5.74, 6) is 0.206. The summed E-state index contributed by atoms with van der Waals surface area (Å²) in [6.07, 6.45) is 3.02. The number of rotatable bonds is 6. The number of hydrogen-bond acceptors (Lipinski definition) is 4. The van der Waals surface area contributed by atoms with E-state index in [9.17, 15) is 8.42 Å². The van der Waals surface area contributed by atoms with Crippen LogP contribution in [0.2, 0.25) is 0 Å². The Morgan fingerprint density at radius 1 is 1.26 bits per heavy atom. The summed E-state index contributed by atoms with van der Waals surface area (Å²) in [4.78, 5) is 0.406. The molecule has 1 fully saturated rings. The van der Waals surface area contributed by atoms with Crippen LogP contribution in [0.3, 0.4) is 0 Å². The van der Waals surface area contributed by atoms with Gasteiger partial charge in [0, 0.05) is 18.8 Å². The van der Waals surface area contributed by atoms with Crippen molar-refractivity contribution in [1.82, 2.24) is 0 Å². The van der Waals surface area contributed by atoms with E-state index in [1.807, 2.05) is 19.1 Å². The lowest BCUT2D eigenvalue weighted by atomic mass is 9.89. The van der Waals surface area contributed by atoms with Gasteiger partial charge in [-0.2, -0.15) is 0 Å². The van der Waals surface area contributed by atoms with Gasteiger partial charge in [0.25, 0.3) is 0 Å². The highest BCUT2D eigenvalue weighted by atomic mass is 32.2. The Morgan fingerprint density at radius 3 is 2.42 bits per heavy atom. The van der Waals surface area contributed by atoms with E-state index in [0.29, 0.717) is 23.5 Å². The summed E-state index contributed by atoms with van der Waals surface area (Å²) < 4.78 is 29.0. The van der Waals surface area contributed by atoms with E-state index in [1.165, 1.54) is 0 Å². The third kappa shape index (κ3) is 3.48. The lowest BCUT2D eigenvalue weighted by molar-refractivity contribution is 0.0329. The summed E-state index contributed by atoms with van der Waals surface area (Å²) in [7, 11) is -1.38. The molecule has 0 atom stereocenters. The molecular formula is C14H21NO3S. The lowest BCUT2D eigenvalue weighted by Gasteiger charge is -2.35. The number of hydrogen-bond donors (Lipinski definition) is 1. The summed E-state index contributed by atoms with van der Waals surface area (Å²) in [6.45, 7) is 1.87. The second kappa shape index (κ2) is 5.92. The van der Waals surface area contributed by atoms with Crippen LogP contribution in [-0.2, 0) is 14.6 Å². The molecule has 0 spiro atoms. The number of ether oxygens (including phenoxy) is 1. The highest BCUT2D eigenvalue weighted by Gasteiger charge is 2.28. The molecule has 0 heterocycles. The van der Waals surface area contributed by atoms with E-state index in [-0.39, 0.29) is 5.75 Å². The third-order valence-electron chi connectivity index (χ3n) is 3.49. The Balaban J connectivity index is 1.96. The van der Waals surface area contributed by atoms with Crippen LogP contribution in [0.5, 0.6) is 0 Å². The number of sulfone groups is 1. The second-order valence-corrected chi connectivity index (χ2v) is 7.12. The molecule has 2 rings (SSSR count). The van der Waals surface area contributed by atoms with Crippen LogP contribution in [0.25, 0.3) is 0 Å². The van der Waals surface area contributed by atoms with Crippen molar-refractivity contribution < 1.29 is 13.2 Å². The number of methoxy groups -OCH3 is 1. The first-order valence-electron chi connectivity index (χ1n) is 6.67. The van der Waals surface area contributed by atoms with Gasteiger partial charge < -0.3 is 10.1 Å². The molecule has 1 aromatic rings. The fraction of sp³-hybridized carbons (Fsp3) is 0.571. The maximum Gasteiger partial charge on any atom is 0.178 e. The molecule has 0 aromatic heterocycles. The van der Waals surface area contributed by atoms with Crippen molar-refractivity contribution in [2.24, 2.45) is 0 Å². The summed E-state index contributed by atoms with van der Waals surface area (Å²) in [5, 5.41) is 3.38. The second-order valence-electron chi connectivity index (χ2n) is 5.01. The molecule has 5 heteroatoms. The minimum Gasteiger partial charge on any atom is -0.382 e. The molecule has 1 aliphatic rings. The monoisotopic (exact) mass is 283 g/mol. The highest BCUT2D eigenvalue weighted by molar-refractivity contribution is 7.91. The lowest BCUT2D eigenvalue weighted by Crippen LogP contribution is -2.40. The van der Waals surface area contributed by atoms with Gasteiger partial charge in [0.15, 0.2) is 9.84 Å². The molecule has 1 aromatic carbocycles. The quantitative estimate of drug-likeness (QED) is 0.871. The molecule has 1 N–H and O–H groups in total. The van der Waals surface area contributed by atoms with Gasteiger partial charge in [-0.3, -0.25) is 0 Å². The van der Waals surface area contributed by atoms with Gasteiger partial charge in [0.05, 0.1) is 16.8 Å². The van der Waals surface area contributed by atoms with Gasteiger partial charge in [0.1, 0.15) is 0 Å². The number of anilines is 1. The van der Waals surface area contributed by atoms with Crippen molar-refractivity contribution in [1.29, 1.82) is 0 Å². The van der Waals surface area contributed by atoms with Crippen molar-refractivity contribution in [2.45, 2.75) is 43.2 Å². The first-order chi connectivity index (χ1) is 9.05. The van der Waals surface area contributed by atoms with Crippen LogP contribution in [0.15, 0.2) is 29.2 Å². The molecule has 0 saturated heterocycles. The molecule has 1 saturated carbocycles. The fourth-order valence-corrected chi connectivity index (χ4v) is 3.58. The Morgan fingerprint density at radius 2 is 1.89 bits per heavy atom. The van der Waals surface area contributed by atoms with Crippen LogP contribution >= 0.6 is 0 Å². The van der Waals surface area contributed by atoms with Gasteiger partial charge in [-0.15, -0.1) is 0 Å². The SMILES string of the molecule is CCCS(=O)(=O)c1ccc(NC2CC(OC)C2)cc1. The standard InChI is InChI=1S/C14H21NO3S/c1-3-8-19(16,17)14-6-4-11(5-7-14)15-12-9-13(10-12)18-2/h4-7,12-13,15H,3,8-10H2,1-2H3. The predicted octanol–water partition coefficient (Wildman–Crippen LogP) is 2.46. The molecule has 1 aliphatic carbocycles. The minimum absolute atomic E-state index is 0.206. The van der Waals surface area contributed by atoms with E-state index < -0.39 is 9.84 Å². The molecule has 0 amide bonds. The van der Waals surface area contributed by atoms with Crippen molar-refractivity contribution in [3.63, 3.8) is 0 Å². The Labute approximate surface area is 115 Å². The van der Waals surface area contributed by atoms with Crippen LogP contribution < -0.4 is 5.32 Å². The molecule has 0 aliphatic heterocycles. The average Bonchev–Trinajstić information content (AvgIpc) is 2.34. The number of nitrogens with one attached hydrogen (secondary N) is 1. The topological polar surface area (TPSA) is 55.4 Å². The minimum atomic E-state index is -3.11. The Bertz CT molecular complexity index is 504. The first-order valence-corrected chi connectivity index (χ1v) is 8.32. The zero-order valence-electron chi connectivity index (χ0n) is 11.4. The summed E-state index contributed by atoms with van der Waals surface area (Å²) >= 11 is 0. The normalized spacial score (nSPS) is 22.8. The maximum absolute atomic E-state index is 11.9. The maximum atomic E-state index is 11.9. The van der Waals surface area contributed by atoms with Crippen LogP contribution in [0.4, 0.5) is 5.69 Å². The fourth-order valence-electron chi connectivity index (χ4n) is 2.26. The Kier molecular flexibility index (Phi) is 4.47. The van der Waals surface area contributed by atoms with Gasteiger partial charge in [-0.25, -0.2) is 8.42 Å². The van der Waals surface area contributed by atoms with Gasteiger partial charge in [-0.1, -0.05) is 6.92 Å². The molecule has 19 heavy (non-hydrogen) atoms. The van der Waals surface area contributed by atoms with Crippen molar-refractivity contribution in [3.8, 4) is 0 Å². The zero-order chi connectivity index (χ0) is 13.9. The van der Waals surface area contributed by atoms with Crippen molar-refractivity contribution in [2.75, 3.05) is 18.2 Å². The first kappa shape index (κ1) is 14.3. The largest absolute Gasteiger partial charge is 0.382 e. The van der Waals surface area contributed by atoms with E-state index in [0.717, 1.165) is 18.5 Å². The average molecular weight is 283 g/mol. The molecule has 4 nitrogen and oxygen atoms in total. The third-order valence-corrected chi connectivity index (χ3v) is 5.42. The van der Waals surface area contributed by atoms with E-state index >= 15 is 0 Å². The zero-order valence-corrected chi connectivity index (χ0v) is 12.2. The molecule has 0 bridgehead atoms. The van der Waals surface area contributed by atoms with Crippen molar-refractivity contribution in [3.05, 3.63) is 24.3 Å². The van der Waals surface area contributed by atoms with E-state index in [4.69, 9.17) is 4.74 Å². The van der Waals surface area contributed by atoms with Gasteiger partial charge >= 0.3 is 0 Å². The smallest absolute Gasteiger partial charge is 0.178 e. The predicted molar refractivity (Wildman–Crippen MR) is 76.2 cm³/mol. The van der Waals surface area contributed by atoms with E-state index in [2.05, 4.69) is 5.32 Å². The van der Waals surface area contributed by atoms with Crippen LogP contribution in [-0.4, -0.2) is 33.4 Å². The summed E-state index contributed by atoms with van der Waals surface area (Å²) in [6, 6.07) is 7.47. The van der Waals surface area contributed by atoms with Crippen LogP contribution in [0, 0.1) is 0 Å². The molecule has 0 unspecified atom stereocenters. The van der Waals surface area contributed by atoms with Gasteiger partial charge in [-0.05, 0) is 43.5 Å². The highest BCUT2D eigenvalue weighted by Crippen LogP contribution is 2.26. The molecular weight excluding hydrogens is 262 g/mol. The Hall–Kier alpha value is -1.07. The van der Waals surface area contributed by atoms with E-state index in [1.54, 1.807) is 19.2 Å². The summed E-state index contributed by atoms with van der Waals surface area (Å²) in [5.41, 5.74) is 0.968. The van der Waals surface area contributed by atoms with Crippen LogP contribution in [0.1, 0.15) is 26.2 Å².